The van der Waals surface area contributed by atoms with Gasteiger partial charge in [-0.05, 0) is 214 Å². The van der Waals surface area contributed by atoms with Gasteiger partial charge < -0.3 is 83.2 Å². The van der Waals surface area contributed by atoms with E-state index in [1.165, 1.54) is 49.9 Å². The summed E-state index contributed by atoms with van der Waals surface area (Å²) in [6.07, 6.45) is 4.87. The van der Waals surface area contributed by atoms with Crippen molar-refractivity contribution in [1.29, 1.82) is 0 Å². The lowest BCUT2D eigenvalue weighted by Crippen LogP contribution is -2.41. The summed E-state index contributed by atoms with van der Waals surface area (Å²) in [5.41, 5.74) is 13.5. The van der Waals surface area contributed by atoms with E-state index in [-0.39, 0.29) is 41.5 Å². The zero-order chi connectivity index (χ0) is 74.3. The second kappa shape index (κ2) is 41.4. The van der Waals surface area contributed by atoms with Gasteiger partial charge in [-0.2, -0.15) is 0 Å². The Morgan fingerprint density at radius 3 is 1.13 bits per heavy atom. The van der Waals surface area contributed by atoms with Crippen LogP contribution < -0.4 is 64.2 Å². The van der Waals surface area contributed by atoms with Crippen molar-refractivity contribution >= 4 is 191 Å². The van der Waals surface area contributed by atoms with E-state index in [0.29, 0.717) is 121 Å². The average molecular weight is 1530 g/mol. The zero-order valence-corrected chi connectivity index (χ0v) is 61.0. The monoisotopic (exact) mass is 1530 g/mol. The highest BCUT2D eigenvalue weighted by atomic mass is 35.5. The molecule has 104 heavy (non-hydrogen) atoms. The SMILES string of the molecule is CC(=O)Nc1ccc(NC(=S)Nc2ccc(NC(=O)CN3CCOCC3)c(Cl)c2)cc1.Nc1ccc(NC(=S)Nc2ccc(NC(=O)CN3CCCCC3)c(Cl)c2)cc1.O=C(CN1CCOCC1)Nc1ccc(NC(=S)Nc2ccc(NC(=O)c3ccccc3F)cc2)cc1Cl.O=C(O)c1ccco1. The molecule has 5 amide bonds. The second-order valence-corrected chi connectivity index (χ2v) is 25.7. The Bertz CT molecular complexity index is 4250. The van der Waals surface area contributed by atoms with Crippen LogP contribution in [0.1, 0.15) is 47.1 Å². The Kier molecular flexibility index (Phi) is 31.8. The Morgan fingerprint density at radius 2 is 0.788 bits per heavy atom. The quantitative estimate of drug-likeness (QED) is 0.0264. The third kappa shape index (κ3) is 28.0. The van der Waals surface area contributed by atoms with Crippen LogP contribution in [-0.4, -0.2) is 156 Å². The number of carbonyl (C=O) groups excluding carboxylic acids is 5. The van der Waals surface area contributed by atoms with Crippen LogP contribution in [0.15, 0.2) is 174 Å². The van der Waals surface area contributed by atoms with Gasteiger partial charge in [0.1, 0.15) is 5.82 Å². The van der Waals surface area contributed by atoms with Crippen LogP contribution in [0, 0.1) is 5.82 Å². The van der Waals surface area contributed by atoms with Crippen LogP contribution >= 0.6 is 71.5 Å². The molecule has 11 rings (SSSR count). The van der Waals surface area contributed by atoms with Crippen LogP contribution in [0.5, 0.6) is 0 Å². The second-order valence-electron chi connectivity index (χ2n) is 23.3. The third-order valence-electron chi connectivity index (χ3n) is 15.1. The van der Waals surface area contributed by atoms with E-state index in [9.17, 15) is 33.2 Å². The van der Waals surface area contributed by atoms with E-state index in [4.69, 9.17) is 91.8 Å². The Labute approximate surface area is 631 Å². The summed E-state index contributed by atoms with van der Waals surface area (Å²) in [7, 11) is 0. The Morgan fingerprint density at radius 1 is 0.442 bits per heavy atom. The molecule has 0 radical (unpaired) electrons. The molecule has 25 nitrogen and oxygen atoms in total. The normalized spacial score (nSPS) is 13.5. The number of carbonyl (C=O) groups is 6. The first-order valence-electron chi connectivity index (χ1n) is 32.6. The minimum Gasteiger partial charge on any atom is -0.475 e. The number of piperidine rings is 1. The molecule has 8 aromatic rings. The van der Waals surface area contributed by atoms with Gasteiger partial charge in [0.15, 0.2) is 15.3 Å². The predicted molar refractivity (Wildman–Crippen MR) is 423 cm³/mol. The smallest absolute Gasteiger partial charge is 0.371 e. The van der Waals surface area contributed by atoms with Gasteiger partial charge in [-0.3, -0.25) is 38.7 Å². The molecule has 7 aromatic carbocycles. The number of nitrogen functional groups attached to an aromatic ring is 1. The van der Waals surface area contributed by atoms with Crippen molar-refractivity contribution in [2.75, 3.05) is 150 Å². The highest BCUT2D eigenvalue weighted by Crippen LogP contribution is 2.29. The first-order valence-corrected chi connectivity index (χ1v) is 34.9. The third-order valence-corrected chi connectivity index (χ3v) is 16.7. The van der Waals surface area contributed by atoms with Crippen LogP contribution in [0.3, 0.4) is 0 Å². The Hall–Kier alpha value is -9.89. The highest BCUT2D eigenvalue weighted by Gasteiger charge is 2.20. The topological polar surface area (TPSA) is 322 Å². The molecular formula is C72H77Cl3FN15O10S3. The molecule has 0 unspecified atom stereocenters. The lowest BCUT2D eigenvalue weighted by Gasteiger charge is -2.25. The van der Waals surface area contributed by atoms with Gasteiger partial charge >= 0.3 is 5.97 Å². The number of hydrogen-bond donors (Lipinski definition) is 13. The first kappa shape index (κ1) is 79.8. The number of furan rings is 1. The van der Waals surface area contributed by atoms with E-state index >= 15 is 0 Å². The fourth-order valence-corrected chi connectivity index (χ4v) is 11.5. The van der Waals surface area contributed by atoms with Crippen LogP contribution in [0.4, 0.5) is 72.6 Å². The van der Waals surface area contributed by atoms with Crippen molar-refractivity contribution in [1.82, 2.24) is 14.7 Å². The summed E-state index contributed by atoms with van der Waals surface area (Å²) >= 11 is 35.1. The predicted octanol–water partition coefficient (Wildman–Crippen LogP) is 13.3. The van der Waals surface area contributed by atoms with E-state index in [2.05, 4.69) is 67.8 Å². The number of nitrogens with one attached hydrogen (secondary N) is 11. The summed E-state index contributed by atoms with van der Waals surface area (Å²) < 4.78 is 28.9. The minimum atomic E-state index is -1.03. The molecule has 0 saturated carbocycles. The molecule has 1 aromatic heterocycles. The number of halogens is 4. The number of benzene rings is 7. The van der Waals surface area contributed by atoms with Crippen molar-refractivity contribution in [3.8, 4) is 0 Å². The summed E-state index contributed by atoms with van der Waals surface area (Å²) in [6.45, 7) is 9.83. The number of aromatic carboxylic acids is 1. The number of rotatable bonds is 19. The number of thiocarbonyl (C=S) groups is 3. The van der Waals surface area contributed by atoms with Gasteiger partial charge in [0, 0.05) is 84.3 Å². The molecular weight excluding hydrogens is 1460 g/mol. The molecule has 0 bridgehead atoms. The molecule has 0 aliphatic carbocycles. The van der Waals surface area contributed by atoms with Crippen LogP contribution in [-0.2, 0) is 28.7 Å². The zero-order valence-electron chi connectivity index (χ0n) is 56.3. The molecule has 32 heteroatoms. The van der Waals surface area contributed by atoms with Crippen molar-refractivity contribution in [3.05, 3.63) is 202 Å². The molecule has 3 aliphatic rings. The van der Waals surface area contributed by atoms with Gasteiger partial charge in [0.2, 0.25) is 29.4 Å². The molecule has 3 aliphatic heterocycles. The van der Waals surface area contributed by atoms with Gasteiger partial charge in [-0.25, -0.2) is 9.18 Å². The van der Waals surface area contributed by atoms with E-state index < -0.39 is 17.7 Å². The number of nitrogens with zero attached hydrogens (tertiary/aromatic N) is 3. The summed E-state index contributed by atoms with van der Waals surface area (Å²) in [4.78, 5) is 76.4. The van der Waals surface area contributed by atoms with Gasteiger partial charge in [-0.15, -0.1) is 0 Å². The number of amides is 5. The number of hydrogen-bond acceptors (Lipinski definition) is 16. The maximum Gasteiger partial charge on any atom is 0.371 e. The number of likely N-dealkylation sites (tertiary alicyclic amines) is 1. The van der Waals surface area contributed by atoms with Gasteiger partial charge in [0.05, 0.1) is 90.0 Å². The molecule has 0 atom stereocenters. The number of morpholine rings is 2. The minimum absolute atomic E-state index is 0.0231. The fraction of sp³-hybridized carbons (Fsp3) is 0.236. The number of carboxylic acids is 1. The van der Waals surface area contributed by atoms with E-state index in [1.54, 1.807) is 115 Å². The first-order chi connectivity index (χ1) is 50.0. The summed E-state index contributed by atoms with van der Waals surface area (Å²) in [5, 5.41) is 42.8. The molecule has 3 saturated heterocycles. The molecule has 4 heterocycles. The van der Waals surface area contributed by atoms with Gasteiger partial charge in [-0.1, -0.05) is 53.4 Å². The van der Waals surface area contributed by atoms with E-state index in [1.807, 2.05) is 28.0 Å². The van der Waals surface area contributed by atoms with Crippen molar-refractivity contribution in [2.24, 2.45) is 0 Å². The lowest BCUT2D eigenvalue weighted by atomic mass is 10.1. The Balaban J connectivity index is 0.000000188. The van der Waals surface area contributed by atoms with Crippen molar-refractivity contribution < 1.29 is 52.2 Å². The number of anilines is 12. The highest BCUT2D eigenvalue weighted by molar-refractivity contribution is 7.81. The van der Waals surface area contributed by atoms with E-state index in [0.717, 1.165) is 69.2 Å². The van der Waals surface area contributed by atoms with Gasteiger partial charge in [0.25, 0.3) is 5.91 Å². The molecule has 546 valence electrons. The van der Waals surface area contributed by atoms with Crippen LogP contribution in [0.25, 0.3) is 0 Å². The molecule has 3 fully saturated rings. The maximum absolute atomic E-state index is 13.8. The molecule has 0 spiro atoms. The average Bonchev–Trinajstić information content (AvgIpc) is 1.38. The fourth-order valence-electron chi connectivity index (χ4n) is 10.1. The van der Waals surface area contributed by atoms with Crippen molar-refractivity contribution in [2.45, 2.75) is 26.2 Å². The summed E-state index contributed by atoms with van der Waals surface area (Å²) in [5.74, 6) is -2.62. The summed E-state index contributed by atoms with van der Waals surface area (Å²) in [6, 6.07) is 45.6. The van der Waals surface area contributed by atoms with Crippen molar-refractivity contribution in [3.63, 3.8) is 0 Å². The standard InChI is InChI=1S/C26H25ClFN5O3S.C21H24ClN5O3S.C20H24ClN5OS.C5H4O3/c27-21-15-19(9-10-23(21)32-24(34)16-33-11-13-36-14-12-33)31-26(37)30-18-7-5-17(6-8-18)29-25(35)20-3-1-2-4-22(20)28;1-14(28)23-15-2-4-16(5-3-15)24-21(31)25-17-6-7-19(18(22)12-17)26-20(29)13-27-8-10-30-11-9-27;21-17-12-16(24-20(28)23-15-6-4-14(22)5-7-15)8-9-18(17)25-19(27)13-26-10-2-1-3-11-26;6-5(7)4-2-1-3-8-4/h1-10,15H,11-14,16H2,(H,29,35)(H,32,34)(H2,30,31,37);2-7,12H,8-11,13H2,1H3,(H,23,28)(H,26,29)(H2,24,25,31);4-9,12H,1-3,10-11,13,22H2,(H,25,27)(H2,23,24,28);1-3H,(H,6,7). The van der Waals surface area contributed by atoms with Crippen LogP contribution in [0.2, 0.25) is 15.1 Å². The largest absolute Gasteiger partial charge is 0.475 e. The lowest BCUT2D eigenvalue weighted by molar-refractivity contribution is -0.119. The number of carboxylic acid groups (broad SMARTS) is 1. The maximum atomic E-state index is 13.8. The molecule has 14 N–H and O–H groups in total. The number of ether oxygens (including phenoxy) is 2. The number of nitrogens with two attached hydrogens (primary N) is 1.